The molecule has 0 aromatic carbocycles. The molecular formula is C6H7N3O3S. The average Bonchev–Trinajstić information content (AvgIpc) is 2.48. The molecule has 0 unspecified atom stereocenters. The number of primary sulfonamides is 1. The maximum Gasteiger partial charge on any atom is 0.240 e. The van der Waals surface area contributed by atoms with Crippen LogP contribution in [0.3, 0.4) is 0 Å². The minimum atomic E-state index is -3.70. The third-order valence-corrected chi connectivity index (χ3v) is 2.57. The Morgan fingerprint density at radius 3 is 3.00 bits per heavy atom. The van der Waals surface area contributed by atoms with Crippen LogP contribution in [0.15, 0.2) is 35.2 Å². The van der Waals surface area contributed by atoms with Crippen molar-refractivity contribution in [3.05, 3.63) is 35.2 Å². The summed E-state index contributed by atoms with van der Waals surface area (Å²) in [6.07, 6.45) is 5.93. The van der Waals surface area contributed by atoms with Crippen molar-refractivity contribution >= 4 is 10.0 Å². The Labute approximate surface area is 74.9 Å². The molecule has 2 heterocycles. The van der Waals surface area contributed by atoms with E-state index in [0.717, 1.165) is 0 Å². The Kier molecular flexibility index (Phi) is 1.65. The molecule has 0 amide bonds. The van der Waals surface area contributed by atoms with Gasteiger partial charge in [-0.05, 0) is 12.2 Å². The molecule has 0 bridgehead atoms. The highest BCUT2D eigenvalue weighted by Crippen LogP contribution is 2.25. The largest absolute Gasteiger partial charge is 0.247 e. The third kappa shape index (κ3) is 1.32. The van der Waals surface area contributed by atoms with Crippen molar-refractivity contribution in [3.8, 4) is 0 Å². The standard InChI is InChI=1S/C6H7N3O3S/c7-13(10,11)6-2-1-3-9-5(6)4-8-12-9/h1-4,8H,(H2,7,10,11). The third-order valence-electron chi connectivity index (χ3n) is 1.61. The molecule has 7 heteroatoms. The van der Waals surface area contributed by atoms with E-state index in [2.05, 4.69) is 5.48 Å². The van der Waals surface area contributed by atoms with Crippen LogP contribution in [0.4, 0.5) is 0 Å². The number of hydrogen-bond donors (Lipinski definition) is 2. The summed E-state index contributed by atoms with van der Waals surface area (Å²) in [5.74, 6) is 0. The molecule has 0 spiro atoms. The van der Waals surface area contributed by atoms with Crippen LogP contribution in [0, 0.1) is 0 Å². The molecule has 2 rings (SSSR count). The van der Waals surface area contributed by atoms with E-state index in [1.807, 2.05) is 0 Å². The Bertz CT molecular complexity index is 420. The van der Waals surface area contributed by atoms with Gasteiger partial charge in [-0.3, -0.25) is 0 Å². The van der Waals surface area contributed by atoms with E-state index in [1.54, 1.807) is 6.20 Å². The summed E-state index contributed by atoms with van der Waals surface area (Å²) in [7, 11) is -3.70. The fraction of sp³-hybridized carbons (Fsp3) is 0. The van der Waals surface area contributed by atoms with Gasteiger partial charge in [-0.15, -0.1) is 0 Å². The van der Waals surface area contributed by atoms with E-state index in [9.17, 15) is 8.42 Å². The van der Waals surface area contributed by atoms with Gasteiger partial charge in [-0.1, -0.05) is 0 Å². The van der Waals surface area contributed by atoms with Crippen LogP contribution >= 0.6 is 0 Å². The molecule has 6 nitrogen and oxygen atoms in total. The summed E-state index contributed by atoms with van der Waals surface area (Å²) >= 11 is 0. The lowest BCUT2D eigenvalue weighted by Gasteiger charge is -2.17. The van der Waals surface area contributed by atoms with Gasteiger partial charge in [0.1, 0.15) is 10.6 Å². The van der Waals surface area contributed by atoms with E-state index in [-0.39, 0.29) is 4.91 Å². The van der Waals surface area contributed by atoms with Gasteiger partial charge in [0.05, 0.1) is 6.20 Å². The summed E-state index contributed by atoms with van der Waals surface area (Å²) in [6.45, 7) is 0. The van der Waals surface area contributed by atoms with Crippen molar-refractivity contribution in [3.63, 3.8) is 0 Å². The highest BCUT2D eigenvalue weighted by atomic mass is 32.2. The van der Waals surface area contributed by atoms with Crippen molar-refractivity contribution in [2.24, 2.45) is 5.14 Å². The topological polar surface area (TPSA) is 84.7 Å². The second kappa shape index (κ2) is 2.59. The quantitative estimate of drug-likeness (QED) is 0.584. The van der Waals surface area contributed by atoms with Gasteiger partial charge in [0, 0.05) is 6.20 Å². The van der Waals surface area contributed by atoms with Crippen molar-refractivity contribution in [2.45, 2.75) is 0 Å². The number of allylic oxidation sites excluding steroid dienone is 2. The number of rotatable bonds is 1. The first-order valence-electron chi connectivity index (χ1n) is 3.42. The van der Waals surface area contributed by atoms with Gasteiger partial charge >= 0.3 is 0 Å². The number of nitrogens with one attached hydrogen (secondary N) is 1. The first-order chi connectivity index (χ1) is 6.09. The molecule has 0 aromatic rings. The summed E-state index contributed by atoms with van der Waals surface area (Å²) < 4.78 is 22.1. The predicted octanol–water partition coefficient (Wildman–Crippen LogP) is -0.721. The monoisotopic (exact) mass is 201 g/mol. The minimum Gasteiger partial charge on any atom is -0.247 e. The van der Waals surface area contributed by atoms with Gasteiger partial charge in [-0.2, -0.15) is 4.94 Å². The number of nitrogens with two attached hydrogens (primary N) is 1. The Hall–Kier alpha value is -1.31. The molecule has 0 fully saturated rings. The number of hydroxylamine groups is 3. The molecule has 2 aliphatic rings. The predicted molar refractivity (Wildman–Crippen MR) is 44.5 cm³/mol. The zero-order valence-electron chi connectivity index (χ0n) is 6.47. The van der Waals surface area contributed by atoms with Crippen molar-refractivity contribution < 1.29 is 13.4 Å². The zero-order chi connectivity index (χ0) is 9.47. The molecule has 0 aromatic heterocycles. The first-order valence-corrected chi connectivity index (χ1v) is 4.97. The molecule has 0 saturated heterocycles. The normalized spacial score (nSPS) is 20.5. The summed E-state index contributed by atoms with van der Waals surface area (Å²) in [4.78, 5) is 4.85. The number of fused-ring (bicyclic) bond motifs is 1. The molecule has 70 valence electrons. The van der Waals surface area contributed by atoms with Gasteiger partial charge in [0.25, 0.3) is 0 Å². The second-order valence-electron chi connectivity index (χ2n) is 2.48. The molecule has 2 aliphatic heterocycles. The maximum absolute atomic E-state index is 11.1. The Balaban J connectivity index is 2.49. The van der Waals surface area contributed by atoms with E-state index in [4.69, 9.17) is 10.1 Å². The highest BCUT2D eigenvalue weighted by Gasteiger charge is 2.27. The van der Waals surface area contributed by atoms with Crippen LogP contribution < -0.4 is 10.6 Å². The van der Waals surface area contributed by atoms with Gasteiger partial charge in [0.2, 0.25) is 10.0 Å². The van der Waals surface area contributed by atoms with Crippen LogP contribution in [0.25, 0.3) is 0 Å². The zero-order valence-corrected chi connectivity index (χ0v) is 7.28. The fourth-order valence-electron chi connectivity index (χ4n) is 1.08. The number of hydrogen-bond acceptors (Lipinski definition) is 5. The van der Waals surface area contributed by atoms with Gasteiger partial charge < -0.3 is 0 Å². The average molecular weight is 201 g/mol. The summed E-state index contributed by atoms with van der Waals surface area (Å²) in [5, 5.41) is 6.26. The molecule has 3 N–H and O–H groups in total. The SMILES string of the molecule is NS(=O)(=O)C1=CC=CN2ONC=C12. The van der Waals surface area contributed by atoms with Crippen LogP contribution in [0.2, 0.25) is 0 Å². The first kappa shape index (κ1) is 8.30. The smallest absolute Gasteiger partial charge is 0.240 e. The fourth-order valence-corrected chi connectivity index (χ4v) is 1.79. The lowest BCUT2D eigenvalue weighted by Crippen LogP contribution is -2.24. The maximum atomic E-state index is 11.1. The van der Waals surface area contributed by atoms with Crippen LogP contribution in [0.1, 0.15) is 0 Å². The summed E-state index contributed by atoms with van der Waals surface area (Å²) in [6, 6.07) is 0. The van der Waals surface area contributed by atoms with Crippen LogP contribution in [-0.4, -0.2) is 13.5 Å². The van der Waals surface area contributed by atoms with E-state index < -0.39 is 10.0 Å². The van der Waals surface area contributed by atoms with E-state index >= 15 is 0 Å². The number of sulfonamides is 1. The molecule has 0 radical (unpaired) electrons. The molecular weight excluding hydrogens is 194 g/mol. The minimum absolute atomic E-state index is 0.0278. The van der Waals surface area contributed by atoms with Crippen molar-refractivity contribution in [2.75, 3.05) is 0 Å². The summed E-state index contributed by atoms with van der Waals surface area (Å²) in [5.41, 5.74) is 2.80. The molecule has 0 aliphatic carbocycles. The van der Waals surface area contributed by atoms with Gasteiger partial charge in [-0.25, -0.2) is 24.1 Å². The lowest BCUT2D eigenvalue weighted by atomic mass is 10.3. The second-order valence-corrected chi connectivity index (χ2v) is 4.01. The molecule has 0 saturated carbocycles. The number of nitrogens with zero attached hydrogens (tertiary/aromatic N) is 1. The molecule has 13 heavy (non-hydrogen) atoms. The highest BCUT2D eigenvalue weighted by molar-refractivity contribution is 7.93. The van der Waals surface area contributed by atoms with E-state index in [0.29, 0.717) is 5.70 Å². The van der Waals surface area contributed by atoms with Crippen LogP contribution in [-0.2, 0) is 15.0 Å². The lowest BCUT2D eigenvalue weighted by molar-refractivity contribution is -0.112. The molecule has 0 atom stereocenters. The van der Waals surface area contributed by atoms with Crippen molar-refractivity contribution in [1.29, 1.82) is 0 Å². The van der Waals surface area contributed by atoms with Crippen LogP contribution in [0.5, 0.6) is 0 Å². The van der Waals surface area contributed by atoms with E-state index in [1.165, 1.54) is 23.4 Å². The van der Waals surface area contributed by atoms with Crippen molar-refractivity contribution in [1.82, 2.24) is 10.5 Å². The van der Waals surface area contributed by atoms with Gasteiger partial charge in [0.15, 0.2) is 0 Å². The Morgan fingerprint density at radius 2 is 2.31 bits per heavy atom. The Morgan fingerprint density at radius 1 is 1.54 bits per heavy atom.